The molecule has 0 aliphatic heterocycles. The molecule has 0 heterocycles. The van der Waals surface area contributed by atoms with E-state index in [2.05, 4.69) is 67.0 Å². The number of halogens is 1. The van der Waals surface area contributed by atoms with Crippen molar-refractivity contribution >= 4 is 26.7 Å². The third-order valence-electron chi connectivity index (χ3n) is 5.23. The number of fused-ring (bicyclic) bond motifs is 1. The minimum Gasteiger partial charge on any atom is -0.493 e. The lowest BCUT2D eigenvalue weighted by molar-refractivity contribution is 0.243. The van der Waals surface area contributed by atoms with Crippen LogP contribution in [0.5, 0.6) is 11.5 Å². The molecule has 0 amide bonds. The van der Waals surface area contributed by atoms with Crippen LogP contribution in [0.1, 0.15) is 64.9 Å². The number of hydrogen-bond acceptors (Lipinski definition) is 2. The Labute approximate surface area is 173 Å². The van der Waals surface area contributed by atoms with Crippen molar-refractivity contribution in [3.05, 3.63) is 35.9 Å². The smallest absolute Gasteiger partial charge is 0.130 e. The van der Waals surface area contributed by atoms with Gasteiger partial charge in [-0.2, -0.15) is 0 Å². The third kappa shape index (κ3) is 6.41. The quantitative estimate of drug-likeness (QED) is 0.239. The van der Waals surface area contributed by atoms with Crippen LogP contribution in [0.25, 0.3) is 10.8 Å². The predicted octanol–water partition coefficient (Wildman–Crippen LogP) is 7.55. The van der Waals surface area contributed by atoms with Crippen LogP contribution in [0.2, 0.25) is 0 Å². The van der Waals surface area contributed by atoms with Crippen LogP contribution in [0, 0.1) is 5.92 Å². The van der Waals surface area contributed by atoms with Crippen molar-refractivity contribution in [2.75, 3.05) is 18.5 Å². The molecule has 0 saturated carbocycles. The molecule has 3 heteroatoms. The zero-order valence-electron chi connectivity index (χ0n) is 17.2. The third-order valence-corrected chi connectivity index (χ3v) is 5.69. The molecule has 0 aromatic heterocycles. The second-order valence-electron chi connectivity index (χ2n) is 7.23. The van der Waals surface area contributed by atoms with Crippen molar-refractivity contribution in [2.45, 2.75) is 65.7 Å². The fourth-order valence-corrected chi connectivity index (χ4v) is 4.04. The van der Waals surface area contributed by atoms with Gasteiger partial charge in [-0.05, 0) is 36.8 Å². The summed E-state index contributed by atoms with van der Waals surface area (Å²) in [6.07, 6.45) is 8.13. The first kappa shape index (κ1) is 22.1. The summed E-state index contributed by atoms with van der Waals surface area (Å²) < 4.78 is 12.6. The van der Waals surface area contributed by atoms with Gasteiger partial charge >= 0.3 is 0 Å². The van der Waals surface area contributed by atoms with E-state index in [1.54, 1.807) is 0 Å². The average Bonchev–Trinajstić information content (AvgIpc) is 2.71. The van der Waals surface area contributed by atoms with Crippen molar-refractivity contribution in [1.29, 1.82) is 0 Å². The SMILES string of the molecule is CCCCCCOc1c(CC)cc(OCC(CC)CCBr)c2ccccc12. The first-order chi connectivity index (χ1) is 13.2. The van der Waals surface area contributed by atoms with Crippen LogP contribution in [-0.4, -0.2) is 18.5 Å². The van der Waals surface area contributed by atoms with Crippen LogP contribution in [0.15, 0.2) is 30.3 Å². The summed E-state index contributed by atoms with van der Waals surface area (Å²) in [4.78, 5) is 0. The standard InChI is InChI=1S/C24H35BrO2/c1-4-7-8-11-16-26-24-20(6-3)17-23(21-12-9-10-13-22(21)24)27-18-19(5-2)14-15-25/h9-10,12-13,17,19H,4-8,11,14-16,18H2,1-3H3. The normalized spacial score (nSPS) is 12.3. The summed E-state index contributed by atoms with van der Waals surface area (Å²) in [6, 6.07) is 10.7. The van der Waals surface area contributed by atoms with E-state index >= 15 is 0 Å². The van der Waals surface area contributed by atoms with Crippen LogP contribution >= 0.6 is 15.9 Å². The number of benzene rings is 2. The summed E-state index contributed by atoms with van der Waals surface area (Å²) in [5.41, 5.74) is 1.24. The molecule has 0 aliphatic carbocycles. The number of rotatable bonds is 13. The van der Waals surface area contributed by atoms with Gasteiger partial charge in [0, 0.05) is 16.1 Å². The molecule has 0 fully saturated rings. The van der Waals surface area contributed by atoms with Gasteiger partial charge in [0.2, 0.25) is 0 Å². The maximum atomic E-state index is 6.30. The highest BCUT2D eigenvalue weighted by Gasteiger charge is 2.15. The Bertz CT molecular complexity index is 683. The molecular weight excluding hydrogens is 400 g/mol. The lowest BCUT2D eigenvalue weighted by atomic mass is 10.0. The minimum atomic E-state index is 0.586. The van der Waals surface area contributed by atoms with Crippen molar-refractivity contribution in [2.24, 2.45) is 5.92 Å². The highest BCUT2D eigenvalue weighted by Crippen LogP contribution is 2.37. The van der Waals surface area contributed by atoms with E-state index in [-0.39, 0.29) is 0 Å². The molecule has 0 spiro atoms. The maximum absolute atomic E-state index is 6.30. The Kier molecular flexibility index (Phi) is 10.0. The fraction of sp³-hybridized carbons (Fsp3) is 0.583. The van der Waals surface area contributed by atoms with Gasteiger partial charge in [0.25, 0.3) is 0 Å². The van der Waals surface area contributed by atoms with Gasteiger partial charge in [0.05, 0.1) is 13.2 Å². The maximum Gasteiger partial charge on any atom is 0.130 e. The van der Waals surface area contributed by atoms with Crippen molar-refractivity contribution in [3.63, 3.8) is 0 Å². The van der Waals surface area contributed by atoms with Crippen LogP contribution in [-0.2, 0) is 6.42 Å². The molecule has 0 radical (unpaired) electrons. The van der Waals surface area contributed by atoms with Crippen molar-refractivity contribution in [3.8, 4) is 11.5 Å². The highest BCUT2D eigenvalue weighted by molar-refractivity contribution is 9.09. The van der Waals surface area contributed by atoms with E-state index < -0.39 is 0 Å². The Morgan fingerprint density at radius 3 is 2.41 bits per heavy atom. The summed E-state index contributed by atoms with van der Waals surface area (Å²) in [5, 5.41) is 3.36. The molecule has 0 bridgehead atoms. The van der Waals surface area contributed by atoms with E-state index in [1.165, 1.54) is 30.2 Å². The monoisotopic (exact) mass is 434 g/mol. The lowest BCUT2D eigenvalue weighted by Crippen LogP contribution is -2.12. The zero-order chi connectivity index (χ0) is 19.5. The molecule has 2 nitrogen and oxygen atoms in total. The molecular formula is C24H35BrO2. The molecule has 150 valence electrons. The summed E-state index contributed by atoms with van der Waals surface area (Å²) in [6.45, 7) is 8.23. The molecule has 0 N–H and O–H groups in total. The number of aryl methyl sites for hydroxylation is 1. The Morgan fingerprint density at radius 2 is 1.74 bits per heavy atom. The lowest BCUT2D eigenvalue weighted by Gasteiger charge is -2.19. The van der Waals surface area contributed by atoms with Gasteiger partial charge in [-0.15, -0.1) is 0 Å². The van der Waals surface area contributed by atoms with Crippen LogP contribution < -0.4 is 9.47 Å². The number of ether oxygens (including phenoxy) is 2. The Hall–Kier alpha value is -1.22. The molecule has 27 heavy (non-hydrogen) atoms. The van der Waals surface area contributed by atoms with E-state index in [4.69, 9.17) is 9.47 Å². The van der Waals surface area contributed by atoms with Crippen LogP contribution in [0.3, 0.4) is 0 Å². The molecule has 0 saturated heterocycles. The van der Waals surface area contributed by atoms with E-state index in [1.807, 2.05) is 0 Å². The second kappa shape index (κ2) is 12.3. The Balaban J connectivity index is 2.23. The molecule has 2 rings (SSSR count). The largest absolute Gasteiger partial charge is 0.493 e. The summed E-state index contributed by atoms with van der Waals surface area (Å²) in [5.74, 6) is 2.63. The summed E-state index contributed by atoms with van der Waals surface area (Å²) in [7, 11) is 0. The van der Waals surface area contributed by atoms with Crippen molar-refractivity contribution in [1.82, 2.24) is 0 Å². The molecule has 2 aromatic rings. The predicted molar refractivity (Wildman–Crippen MR) is 121 cm³/mol. The van der Waals surface area contributed by atoms with Crippen LogP contribution in [0.4, 0.5) is 0 Å². The number of unbranched alkanes of at least 4 members (excludes halogenated alkanes) is 3. The van der Waals surface area contributed by atoms with Gasteiger partial charge in [-0.25, -0.2) is 0 Å². The zero-order valence-corrected chi connectivity index (χ0v) is 18.8. The van der Waals surface area contributed by atoms with Crippen molar-refractivity contribution < 1.29 is 9.47 Å². The average molecular weight is 435 g/mol. The van der Waals surface area contributed by atoms with Gasteiger partial charge in [0.1, 0.15) is 11.5 Å². The van der Waals surface area contributed by atoms with Gasteiger partial charge in [-0.1, -0.05) is 86.6 Å². The molecule has 2 aromatic carbocycles. The summed E-state index contributed by atoms with van der Waals surface area (Å²) >= 11 is 3.56. The first-order valence-corrected chi connectivity index (χ1v) is 11.7. The fourth-order valence-electron chi connectivity index (χ4n) is 3.39. The minimum absolute atomic E-state index is 0.586. The van der Waals surface area contributed by atoms with Gasteiger partial charge in [-0.3, -0.25) is 0 Å². The van der Waals surface area contributed by atoms with E-state index in [9.17, 15) is 0 Å². The molecule has 0 aliphatic rings. The molecule has 1 atom stereocenters. The van der Waals surface area contributed by atoms with E-state index in [0.717, 1.165) is 61.1 Å². The number of alkyl halides is 1. The van der Waals surface area contributed by atoms with Gasteiger partial charge < -0.3 is 9.47 Å². The highest BCUT2D eigenvalue weighted by atomic mass is 79.9. The first-order valence-electron chi connectivity index (χ1n) is 10.6. The van der Waals surface area contributed by atoms with Gasteiger partial charge in [0.15, 0.2) is 0 Å². The second-order valence-corrected chi connectivity index (χ2v) is 8.03. The Morgan fingerprint density at radius 1 is 0.963 bits per heavy atom. The molecule has 1 unspecified atom stereocenters. The van der Waals surface area contributed by atoms with E-state index in [0.29, 0.717) is 5.92 Å². The topological polar surface area (TPSA) is 18.5 Å². The number of hydrogen-bond donors (Lipinski definition) is 0.